The summed E-state index contributed by atoms with van der Waals surface area (Å²) in [6.45, 7) is 4.16. The van der Waals surface area contributed by atoms with Gasteiger partial charge in [-0.05, 0) is 19.3 Å². The lowest BCUT2D eigenvalue weighted by molar-refractivity contribution is -0.137. The molecule has 118 valence electrons. The van der Waals surface area contributed by atoms with E-state index in [1.54, 1.807) is 0 Å². The summed E-state index contributed by atoms with van der Waals surface area (Å²) >= 11 is 5.28. The average Bonchev–Trinajstić information content (AvgIpc) is 2.40. The van der Waals surface area contributed by atoms with Crippen LogP contribution < -0.4 is 11.1 Å². The number of urea groups is 1. The van der Waals surface area contributed by atoms with Gasteiger partial charge in [0.05, 0.1) is 4.99 Å². The van der Waals surface area contributed by atoms with Gasteiger partial charge in [0, 0.05) is 13.0 Å². The first-order valence-corrected chi connectivity index (χ1v) is 7.75. The second-order valence-electron chi connectivity index (χ2n) is 5.37. The minimum absolute atomic E-state index is 0.149. The highest BCUT2D eigenvalue weighted by molar-refractivity contribution is 7.80. The number of carbonyl (C=O) groups excluding carboxylic acids is 3. The summed E-state index contributed by atoms with van der Waals surface area (Å²) in [5.74, 6) is -0.687. The Kier molecular flexibility index (Phi) is 6.26. The summed E-state index contributed by atoms with van der Waals surface area (Å²) < 4.78 is 0. The monoisotopic (exact) mass is 313 g/mol. The highest BCUT2D eigenvalue weighted by Gasteiger charge is 2.49. The number of nitrogens with one attached hydrogen (secondary N) is 1. The highest BCUT2D eigenvalue weighted by Crippen LogP contribution is 2.36. The highest BCUT2D eigenvalue weighted by atomic mass is 32.1. The number of amides is 4. The van der Waals surface area contributed by atoms with Crippen molar-refractivity contribution < 1.29 is 14.4 Å². The lowest BCUT2D eigenvalue weighted by Crippen LogP contribution is -2.63. The van der Waals surface area contributed by atoms with Crippen molar-refractivity contribution in [1.29, 1.82) is 0 Å². The van der Waals surface area contributed by atoms with Gasteiger partial charge in [-0.15, -0.1) is 0 Å². The van der Waals surface area contributed by atoms with E-state index >= 15 is 0 Å². The Morgan fingerprint density at radius 2 is 1.86 bits per heavy atom. The van der Waals surface area contributed by atoms with E-state index in [1.165, 1.54) is 4.90 Å². The first kappa shape index (κ1) is 17.6. The molecule has 4 amide bonds. The third kappa shape index (κ3) is 3.78. The molecule has 3 N–H and O–H groups in total. The molecule has 0 aromatic rings. The summed E-state index contributed by atoms with van der Waals surface area (Å²) in [5.41, 5.74) is 4.29. The van der Waals surface area contributed by atoms with E-state index in [0.29, 0.717) is 24.3 Å². The maximum atomic E-state index is 12.8. The molecule has 0 spiro atoms. The average molecular weight is 313 g/mol. The molecule has 0 aliphatic carbocycles. The Morgan fingerprint density at radius 3 is 2.33 bits per heavy atom. The number of carbonyl (C=O) groups is 3. The van der Waals surface area contributed by atoms with Crippen LogP contribution in [0.5, 0.6) is 0 Å². The van der Waals surface area contributed by atoms with Crippen molar-refractivity contribution in [1.82, 2.24) is 10.2 Å². The van der Waals surface area contributed by atoms with Gasteiger partial charge in [0.2, 0.25) is 11.8 Å². The van der Waals surface area contributed by atoms with Gasteiger partial charge in [-0.3, -0.25) is 14.5 Å². The summed E-state index contributed by atoms with van der Waals surface area (Å²) in [5, 5.41) is 2.64. The lowest BCUT2D eigenvalue weighted by atomic mass is 9.76. The summed E-state index contributed by atoms with van der Waals surface area (Å²) in [7, 11) is 0. The molecular formula is C14H23N3O3S. The number of primary amides is 1. The third-order valence-corrected chi connectivity index (χ3v) is 4.21. The van der Waals surface area contributed by atoms with Crippen molar-refractivity contribution in [2.24, 2.45) is 11.1 Å². The van der Waals surface area contributed by atoms with Crippen molar-refractivity contribution in [3.05, 3.63) is 0 Å². The van der Waals surface area contributed by atoms with Crippen molar-refractivity contribution >= 4 is 35.1 Å². The predicted molar refractivity (Wildman–Crippen MR) is 83.5 cm³/mol. The minimum Gasteiger partial charge on any atom is -0.370 e. The largest absolute Gasteiger partial charge is 0.370 e. The van der Waals surface area contributed by atoms with Crippen molar-refractivity contribution in [3.63, 3.8) is 0 Å². The molecule has 1 aliphatic heterocycles. The Morgan fingerprint density at radius 1 is 1.29 bits per heavy atom. The smallest absolute Gasteiger partial charge is 0.328 e. The molecule has 0 radical (unpaired) electrons. The quantitative estimate of drug-likeness (QED) is 0.667. The molecule has 0 aromatic heterocycles. The third-order valence-electron chi connectivity index (χ3n) is 3.71. The van der Waals surface area contributed by atoms with Crippen molar-refractivity contribution in [3.8, 4) is 0 Å². The maximum Gasteiger partial charge on any atom is 0.328 e. The summed E-state index contributed by atoms with van der Waals surface area (Å²) in [4.78, 5) is 37.0. The van der Waals surface area contributed by atoms with Crippen molar-refractivity contribution in [2.75, 3.05) is 6.54 Å². The molecule has 1 saturated heterocycles. The van der Waals surface area contributed by atoms with Crippen LogP contribution in [0.25, 0.3) is 0 Å². The number of hydrogen-bond acceptors (Lipinski definition) is 4. The van der Waals surface area contributed by atoms with Gasteiger partial charge in [-0.2, -0.15) is 0 Å². The van der Waals surface area contributed by atoms with Crippen LogP contribution in [0.1, 0.15) is 52.4 Å². The van der Waals surface area contributed by atoms with Crippen LogP contribution in [0.2, 0.25) is 0 Å². The van der Waals surface area contributed by atoms with Gasteiger partial charge in [0.25, 0.3) is 0 Å². The molecule has 0 saturated carbocycles. The Hall–Kier alpha value is -1.50. The Balaban J connectivity index is 2.94. The number of nitrogens with two attached hydrogens (primary N) is 1. The van der Waals surface area contributed by atoms with Crippen LogP contribution in [0.3, 0.4) is 0 Å². The van der Waals surface area contributed by atoms with Crippen molar-refractivity contribution in [2.45, 2.75) is 52.4 Å². The van der Waals surface area contributed by atoms with Crippen LogP contribution in [0.4, 0.5) is 4.79 Å². The molecule has 21 heavy (non-hydrogen) atoms. The van der Waals surface area contributed by atoms with E-state index in [9.17, 15) is 14.4 Å². The van der Waals surface area contributed by atoms with Gasteiger partial charge >= 0.3 is 6.03 Å². The fourth-order valence-corrected chi connectivity index (χ4v) is 3.14. The first-order chi connectivity index (χ1) is 9.89. The SMILES string of the molecule is CCCC1(CCC)C(=O)N(CCCC(N)=O)C(=O)NC1=S. The van der Waals surface area contributed by atoms with E-state index in [4.69, 9.17) is 18.0 Å². The molecule has 0 aromatic carbocycles. The van der Waals surface area contributed by atoms with Crippen LogP contribution >= 0.6 is 12.2 Å². The Bertz CT molecular complexity index is 445. The molecule has 1 aliphatic rings. The summed E-state index contributed by atoms with van der Waals surface area (Å²) in [6, 6.07) is -0.502. The molecular weight excluding hydrogens is 290 g/mol. The van der Waals surface area contributed by atoms with E-state index < -0.39 is 17.4 Å². The molecule has 0 unspecified atom stereocenters. The number of rotatable bonds is 8. The fraction of sp³-hybridized carbons (Fsp3) is 0.714. The molecule has 6 nitrogen and oxygen atoms in total. The van der Waals surface area contributed by atoms with Gasteiger partial charge in [0.15, 0.2) is 0 Å². The van der Waals surface area contributed by atoms with Crippen LogP contribution in [0, 0.1) is 5.41 Å². The molecule has 0 atom stereocenters. The number of thiocarbonyl (C=S) groups is 1. The minimum atomic E-state index is -0.792. The fourth-order valence-electron chi connectivity index (χ4n) is 2.77. The van der Waals surface area contributed by atoms with Gasteiger partial charge in [-0.25, -0.2) is 4.79 Å². The number of hydrogen-bond donors (Lipinski definition) is 2. The molecule has 7 heteroatoms. The predicted octanol–water partition coefficient (Wildman–Crippen LogP) is 1.72. The van der Waals surface area contributed by atoms with E-state index in [2.05, 4.69) is 5.32 Å². The second-order valence-corrected chi connectivity index (χ2v) is 5.78. The van der Waals surface area contributed by atoms with Gasteiger partial charge in [-0.1, -0.05) is 38.9 Å². The summed E-state index contributed by atoms with van der Waals surface area (Å²) in [6.07, 6.45) is 3.36. The topological polar surface area (TPSA) is 92.5 Å². The zero-order valence-corrected chi connectivity index (χ0v) is 13.4. The van der Waals surface area contributed by atoms with E-state index in [-0.39, 0.29) is 18.9 Å². The molecule has 1 rings (SSSR count). The maximum absolute atomic E-state index is 12.8. The second kappa shape index (κ2) is 7.49. The standard InChI is InChI=1S/C14H23N3O3S/c1-3-7-14(8-4-2)11(21)16-13(20)17(12(14)19)9-5-6-10(15)18/h3-9H2,1-2H3,(H2,15,18)(H,16,20,21). The van der Waals surface area contributed by atoms with Gasteiger partial charge in [0.1, 0.15) is 5.41 Å². The zero-order chi connectivity index (χ0) is 16.0. The lowest BCUT2D eigenvalue weighted by Gasteiger charge is -2.41. The van der Waals surface area contributed by atoms with E-state index in [0.717, 1.165) is 12.8 Å². The Labute approximate surface area is 130 Å². The van der Waals surface area contributed by atoms with Crippen LogP contribution in [-0.2, 0) is 9.59 Å². The van der Waals surface area contributed by atoms with Crippen LogP contribution in [0.15, 0.2) is 0 Å². The first-order valence-electron chi connectivity index (χ1n) is 7.34. The molecule has 1 fully saturated rings. The van der Waals surface area contributed by atoms with Crippen LogP contribution in [-0.4, -0.2) is 34.3 Å². The number of nitrogens with zero attached hydrogens (tertiary/aromatic N) is 1. The molecule has 0 bridgehead atoms. The number of imide groups is 1. The van der Waals surface area contributed by atoms with Gasteiger partial charge < -0.3 is 11.1 Å². The molecule has 1 heterocycles. The normalized spacial score (nSPS) is 17.8. The zero-order valence-electron chi connectivity index (χ0n) is 12.6. The van der Waals surface area contributed by atoms with E-state index in [1.807, 2.05) is 13.8 Å².